The van der Waals surface area contributed by atoms with E-state index in [1.165, 1.54) is 11.8 Å². The molecule has 2 heterocycles. The molecule has 1 amide bonds. The average molecular weight is 464 g/mol. The third-order valence-corrected chi connectivity index (χ3v) is 6.07. The Bertz CT molecular complexity index is 1150. The van der Waals surface area contributed by atoms with Gasteiger partial charge in [-0.3, -0.25) is 4.79 Å². The van der Waals surface area contributed by atoms with Crippen molar-refractivity contribution in [3.8, 4) is 5.75 Å². The van der Waals surface area contributed by atoms with Gasteiger partial charge in [-0.25, -0.2) is 9.79 Å². The summed E-state index contributed by atoms with van der Waals surface area (Å²) in [4.78, 5) is 31.5. The van der Waals surface area contributed by atoms with Crippen LogP contribution >= 0.6 is 11.8 Å². The van der Waals surface area contributed by atoms with Crippen LogP contribution in [0.4, 0.5) is 5.69 Å². The highest BCUT2D eigenvalue weighted by Gasteiger charge is 2.37. The average Bonchev–Trinajstić information content (AvgIpc) is 3.27. The lowest BCUT2D eigenvalue weighted by atomic mass is 9.95. The first-order valence-electron chi connectivity index (χ1n) is 10.6. The summed E-state index contributed by atoms with van der Waals surface area (Å²) >= 11 is 1.51. The molecule has 4 rings (SSSR count). The second-order valence-electron chi connectivity index (χ2n) is 7.55. The van der Waals surface area contributed by atoms with Crippen LogP contribution in [0.5, 0.6) is 5.75 Å². The van der Waals surface area contributed by atoms with Crippen molar-refractivity contribution < 1.29 is 19.1 Å². The van der Waals surface area contributed by atoms with E-state index in [4.69, 9.17) is 9.47 Å². The standard InChI is InChI=1S/C25H25N3O4S/c1-4-31-24(30)22-17(3)26-25-28(13-14-33-25)23(22)18-9-11-19(12-10-18)32-15-21(29)27-20-8-6-5-7-16(20)2/h5-14,23H,4,15H2,1-3H3,(H,27,29)/t23-/m1/s1. The molecule has 0 saturated heterocycles. The number of thioether (sulfide) groups is 1. The summed E-state index contributed by atoms with van der Waals surface area (Å²) in [5.74, 6) is -0.0432. The number of hydrogen-bond acceptors (Lipinski definition) is 7. The first kappa shape index (κ1) is 22.7. The maximum absolute atomic E-state index is 12.7. The fraction of sp³-hybridized carbons (Fsp3) is 0.240. The molecule has 0 aliphatic carbocycles. The summed E-state index contributed by atoms with van der Waals surface area (Å²) < 4.78 is 11.0. The summed E-state index contributed by atoms with van der Waals surface area (Å²) in [6.45, 7) is 5.74. The first-order chi connectivity index (χ1) is 16.0. The zero-order valence-corrected chi connectivity index (χ0v) is 19.5. The molecule has 0 aromatic heterocycles. The number of anilines is 1. The molecule has 7 nitrogen and oxygen atoms in total. The molecule has 0 unspecified atom stereocenters. The van der Waals surface area contributed by atoms with Crippen LogP contribution in [0.15, 0.2) is 76.4 Å². The smallest absolute Gasteiger partial charge is 0.338 e. The van der Waals surface area contributed by atoms with Crippen LogP contribution in [0.2, 0.25) is 0 Å². The number of amidine groups is 1. The minimum atomic E-state index is -0.374. The van der Waals surface area contributed by atoms with Gasteiger partial charge in [0.25, 0.3) is 5.91 Å². The Balaban J connectivity index is 1.48. The minimum absolute atomic E-state index is 0.105. The Morgan fingerprint density at radius 1 is 1.12 bits per heavy atom. The van der Waals surface area contributed by atoms with Crippen molar-refractivity contribution in [1.29, 1.82) is 0 Å². The lowest BCUT2D eigenvalue weighted by Crippen LogP contribution is -2.34. The fourth-order valence-corrected chi connectivity index (χ4v) is 4.48. The van der Waals surface area contributed by atoms with Crippen LogP contribution < -0.4 is 10.1 Å². The van der Waals surface area contributed by atoms with E-state index in [2.05, 4.69) is 10.3 Å². The number of esters is 1. The van der Waals surface area contributed by atoms with Crippen molar-refractivity contribution in [3.05, 3.63) is 82.5 Å². The molecule has 2 aliphatic heterocycles. The number of amides is 1. The molecule has 2 aliphatic rings. The van der Waals surface area contributed by atoms with Gasteiger partial charge in [0.2, 0.25) is 0 Å². The van der Waals surface area contributed by atoms with E-state index in [0.29, 0.717) is 23.6 Å². The van der Waals surface area contributed by atoms with Crippen molar-refractivity contribution >= 4 is 34.5 Å². The number of nitrogens with one attached hydrogen (secondary N) is 1. The summed E-state index contributed by atoms with van der Waals surface area (Å²) in [5, 5.41) is 5.61. The van der Waals surface area contributed by atoms with E-state index >= 15 is 0 Å². The van der Waals surface area contributed by atoms with Gasteiger partial charge in [-0.15, -0.1) is 0 Å². The Morgan fingerprint density at radius 3 is 2.61 bits per heavy atom. The SMILES string of the molecule is CCOC(=O)C1=C(C)N=C2SC=CN2[C@@H]1c1ccc(OCC(=O)Nc2ccccc2C)cc1. The van der Waals surface area contributed by atoms with Crippen molar-refractivity contribution in [2.45, 2.75) is 26.8 Å². The van der Waals surface area contributed by atoms with Crippen molar-refractivity contribution in [2.24, 2.45) is 4.99 Å². The van der Waals surface area contributed by atoms with Gasteiger partial charge in [0.15, 0.2) is 11.8 Å². The predicted molar refractivity (Wildman–Crippen MR) is 130 cm³/mol. The molecule has 0 radical (unpaired) electrons. The summed E-state index contributed by atoms with van der Waals surface area (Å²) in [5.41, 5.74) is 3.81. The van der Waals surface area contributed by atoms with Crippen molar-refractivity contribution in [1.82, 2.24) is 4.90 Å². The molecule has 8 heteroatoms. The molecule has 2 aromatic rings. The number of hydrogen-bond donors (Lipinski definition) is 1. The number of carbonyl (C=O) groups is 2. The molecule has 0 spiro atoms. The minimum Gasteiger partial charge on any atom is -0.484 e. The number of rotatable bonds is 7. The third-order valence-electron chi connectivity index (χ3n) is 5.30. The van der Waals surface area contributed by atoms with Gasteiger partial charge < -0.3 is 19.7 Å². The highest BCUT2D eigenvalue weighted by atomic mass is 32.2. The predicted octanol–water partition coefficient (Wildman–Crippen LogP) is 4.78. The van der Waals surface area contributed by atoms with E-state index in [-0.39, 0.29) is 24.5 Å². The molecule has 33 heavy (non-hydrogen) atoms. The molecular formula is C25H25N3O4S. The van der Waals surface area contributed by atoms with E-state index in [0.717, 1.165) is 22.0 Å². The van der Waals surface area contributed by atoms with Crippen molar-refractivity contribution in [2.75, 3.05) is 18.5 Å². The number of aliphatic imine (C=N–C) groups is 1. The Labute approximate surface area is 197 Å². The zero-order chi connectivity index (χ0) is 23.4. The third kappa shape index (κ3) is 4.96. The molecule has 170 valence electrons. The Morgan fingerprint density at radius 2 is 1.88 bits per heavy atom. The van der Waals surface area contributed by atoms with E-state index < -0.39 is 0 Å². The second-order valence-corrected chi connectivity index (χ2v) is 8.42. The molecule has 0 saturated carbocycles. The zero-order valence-electron chi connectivity index (χ0n) is 18.7. The van der Waals surface area contributed by atoms with Crippen LogP contribution in [0.1, 0.15) is 31.0 Å². The van der Waals surface area contributed by atoms with Crippen LogP contribution in [-0.4, -0.2) is 35.2 Å². The van der Waals surface area contributed by atoms with Crippen LogP contribution in [0.25, 0.3) is 0 Å². The van der Waals surface area contributed by atoms with E-state index in [9.17, 15) is 9.59 Å². The number of aryl methyl sites for hydroxylation is 1. The number of para-hydroxylation sites is 1. The molecule has 0 fully saturated rings. The maximum Gasteiger partial charge on any atom is 0.338 e. The van der Waals surface area contributed by atoms with Gasteiger partial charge in [-0.1, -0.05) is 42.1 Å². The van der Waals surface area contributed by atoms with Gasteiger partial charge in [-0.2, -0.15) is 0 Å². The summed E-state index contributed by atoms with van der Waals surface area (Å²) in [6.07, 6.45) is 1.92. The number of nitrogens with zero attached hydrogens (tertiary/aromatic N) is 2. The molecule has 1 N–H and O–H groups in total. The van der Waals surface area contributed by atoms with Crippen LogP contribution in [-0.2, 0) is 14.3 Å². The Hall–Kier alpha value is -3.52. The second kappa shape index (κ2) is 9.95. The number of carbonyl (C=O) groups excluding carboxylic acids is 2. The largest absolute Gasteiger partial charge is 0.484 e. The summed E-state index contributed by atoms with van der Waals surface area (Å²) in [7, 11) is 0. The van der Waals surface area contributed by atoms with Gasteiger partial charge in [0.05, 0.1) is 23.9 Å². The molecule has 1 atom stereocenters. The van der Waals surface area contributed by atoms with E-state index in [1.54, 1.807) is 19.1 Å². The molecule has 0 bridgehead atoms. The van der Waals surface area contributed by atoms with Crippen LogP contribution in [0, 0.1) is 6.92 Å². The maximum atomic E-state index is 12.7. The Kier molecular flexibility index (Phi) is 6.84. The van der Waals surface area contributed by atoms with Crippen molar-refractivity contribution in [3.63, 3.8) is 0 Å². The molecule has 2 aromatic carbocycles. The highest BCUT2D eigenvalue weighted by Crippen LogP contribution is 2.41. The number of fused-ring (bicyclic) bond motifs is 1. The lowest BCUT2D eigenvalue weighted by Gasteiger charge is -2.33. The van der Waals surface area contributed by atoms with Gasteiger partial charge >= 0.3 is 5.97 Å². The monoisotopic (exact) mass is 463 g/mol. The van der Waals surface area contributed by atoms with Gasteiger partial charge in [0, 0.05) is 11.9 Å². The highest BCUT2D eigenvalue weighted by molar-refractivity contribution is 8.16. The number of benzene rings is 2. The number of allylic oxidation sites excluding steroid dienone is 1. The lowest BCUT2D eigenvalue weighted by molar-refractivity contribution is -0.139. The normalized spacial score (nSPS) is 16.9. The quantitative estimate of drug-likeness (QED) is 0.595. The number of ether oxygens (including phenoxy) is 2. The van der Waals surface area contributed by atoms with Crippen LogP contribution in [0.3, 0.4) is 0 Å². The topological polar surface area (TPSA) is 80.2 Å². The fourth-order valence-electron chi connectivity index (χ4n) is 3.69. The van der Waals surface area contributed by atoms with E-state index in [1.807, 2.05) is 66.8 Å². The summed E-state index contributed by atoms with van der Waals surface area (Å²) in [6, 6.07) is 14.6. The first-order valence-corrected chi connectivity index (χ1v) is 11.5. The molecular weight excluding hydrogens is 438 g/mol. The van der Waals surface area contributed by atoms with Gasteiger partial charge in [0.1, 0.15) is 5.75 Å². The van der Waals surface area contributed by atoms with Gasteiger partial charge in [-0.05, 0) is 55.5 Å².